The van der Waals surface area contributed by atoms with E-state index in [2.05, 4.69) is 5.32 Å². The molecule has 0 aliphatic rings. The molecule has 0 amide bonds. The van der Waals surface area contributed by atoms with E-state index in [9.17, 15) is 5.11 Å². The Hall–Kier alpha value is -0.320. The van der Waals surface area contributed by atoms with Crippen LogP contribution < -0.4 is 5.32 Å². The van der Waals surface area contributed by atoms with E-state index in [1.165, 1.54) is 0 Å². The van der Waals surface area contributed by atoms with E-state index in [4.69, 9.17) is 27.9 Å². The number of aliphatic hydroxyl groups excluding tert-OH is 1. The van der Waals surface area contributed by atoms with Crippen molar-refractivity contribution in [3.8, 4) is 0 Å². The molecule has 102 valence electrons. The first-order chi connectivity index (χ1) is 8.56. The molecule has 0 aliphatic carbocycles. The Balaban J connectivity index is 2.52. The lowest BCUT2D eigenvalue weighted by atomic mass is 10.1. The summed E-state index contributed by atoms with van der Waals surface area (Å²) < 4.78 is 5.00. The molecule has 0 heterocycles. The lowest BCUT2D eigenvalue weighted by Crippen LogP contribution is -2.31. The number of benzene rings is 1. The van der Waals surface area contributed by atoms with Crippen molar-refractivity contribution in [2.45, 2.75) is 25.5 Å². The van der Waals surface area contributed by atoms with Crippen LogP contribution in [0.2, 0.25) is 10.0 Å². The van der Waals surface area contributed by atoms with Crippen molar-refractivity contribution in [1.29, 1.82) is 0 Å². The summed E-state index contributed by atoms with van der Waals surface area (Å²) in [7, 11) is 1.67. The van der Waals surface area contributed by atoms with Gasteiger partial charge in [-0.25, -0.2) is 0 Å². The van der Waals surface area contributed by atoms with Crippen molar-refractivity contribution in [2.75, 3.05) is 20.3 Å². The number of methoxy groups -OCH3 is 1. The molecule has 5 heteroatoms. The van der Waals surface area contributed by atoms with Crippen LogP contribution in [0.5, 0.6) is 0 Å². The molecule has 1 aromatic rings. The normalized spacial score (nSPS) is 14.5. The fourth-order valence-corrected chi connectivity index (χ4v) is 2.29. The van der Waals surface area contributed by atoms with Crippen molar-refractivity contribution in [3.05, 3.63) is 33.8 Å². The molecule has 2 unspecified atom stereocenters. The molecule has 0 saturated heterocycles. The molecule has 3 nitrogen and oxygen atoms in total. The Morgan fingerprint density at radius 2 is 1.94 bits per heavy atom. The van der Waals surface area contributed by atoms with Crippen molar-refractivity contribution in [1.82, 2.24) is 5.32 Å². The average molecular weight is 292 g/mol. The molecule has 0 aromatic heterocycles. The zero-order valence-electron chi connectivity index (χ0n) is 10.6. The standard InChI is InChI=1S/C13H19Cl2NO2/c1-9(6-7-18-2)16-8-12(17)13-10(14)4-3-5-11(13)15/h3-5,9,12,16-17H,6-8H2,1-2H3. The monoisotopic (exact) mass is 291 g/mol. The summed E-state index contributed by atoms with van der Waals surface area (Å²) in [5, 5.41) is 14.3. The lowest BCUT2D eigenvalue weighted by Gasteiger charge is -2.18. The van der Waals surface area contributed by atoms with Gasteiger partial charge in [-0.2, -0.15) is 0 Å². The van der Waals surface area contributed by atoms with Crippen molar-refractivity contribution in [2.24, 2.45) is 0 Å². The van der Waals surface area contributed by atoms with E-state index >= 15 is 0 Å². The third kappa shape index (κ3) is 4.75. The van der Waals surface area contributed by atoms with E-state index in [1.807, 2.05) is 6.92 Å². The van der Waals surface area contributed by atoms with Gasteiger partial charge in [0.25, 0.3) is 0 Å². The number of aliphatic hydroxyl groups is 1. The first-order valence-corrected chi connectivity index (χ1v) is 6.66. The highest BCUT2D eigenvalue weighted by Gasteiger charge is 2.15. The minimum Gasteiger partial charge on any atom is -0.387 e. The third-order valence-corrected chi connectivity index (χ3v) is 3.41. The Morgan fingerprint density at radius 1 is 1.33 bits per heavy atom. The van der Waals surface area contributed by atoms with E-state index in [0.717, 1.165) is 6.42 Å². The van der Waals surface area contributed by atoms with Crippen LogP contribution in [0, 0.1) is 0 Å². The maximum atomic E-state index is 10.1. The summed E-state index contributed by atoms with van der Waals surface area (Å²) >= 11 is 12.1. The second-order valence-corrected chi connectivity index (χ2v) is 5.06. The van der Waals surface area contributed by atoms with Crippen LogP contribution >= 0.6 is 23.2 Å². The number of nitrogens with one attached hydrogen (secondary N) is 1. The quantitative estimate of drug-likeness (QED) is 0.811. The van der Waals surface area contributed by atoms with Gasteiger partial charge >= 0.3 is 0 Å². The molecule has 0 saturated carbocycles. The molecule has 0 spiro atoms. The highest BCUT2D eigenvalue weighted by molar-refractivity contribution is 6.36. The summed E-state index contributed by atoms with van der Waals surface area (Å²) in [6.45, 7) is 3.14. The predicted octanol–water partition coefficient (Wildman–Crippen LogP) is 3.04. The number of ether oxygens (including phenoxy) is 1. The molecule has 18 heavy (non-hydrogen) atoms. The molecule has 2 N–H and O–H groups in total. The van der Waals surface area contributed by atoms with Crippen LogP contribution in [-0.2, 0) is 4.74 Å². The van der Waals surface area contributed by atoms with Gasteiger partial charge in [-0.3, -0.25) is 0 Å². The summed E-state index contributed by atoms with van der Waals surface area (Å²) in [5.41, 5.74) is 0.576. The minimum atomic E-state index is -0.712. The Bertz CT molecular complexity index is 354. The van der Waals surface area contributed by atoms with Gasteiger partial charge in [-0.15, -0.1) is 0 Å². The molecule has 2 atom stereocenters. The van der Waals surface area contributed by atoms with E-state index in [1.54, 1.807) is 25.3 Å². The van der Waals surface area contributed by atoms with Gasteiger partial charge in [0.2, 0.25) is 0 Å². The van der Waals surface area contributed by atoms with Gasteiger partial charge in [0.15, 0.2) is 0 Å². The predicted molar refractivity (Wildman–Crippen MR) is 75.4 cm³/mol. The highest BCUT2D eigenvalue weighted by Crippen LogP contribution is 2.29. The van der Waals surface area contributed by atoms with Crippen molar-refractivity contribution in [3.63, 3.8) is 0 Å². The summed E-state index contributed by atoms with van der Waals surface area (Å²) in [5.74, 6) is 0. The maximum Gasteiger partial charge on any atom is 0.0943 e. The van der Waals surface area contributed by atoms with Crippen LogP contribution in [0.15, 0.2) is 18.2 Å². The molecule has 1 rings (SSSR count). The molecule has 0 aliphatic heterocycles. The largest absolute Gasteiger partial charge is 0.387 e. The average Bonchev–Trinajstić information content (AvgIpc) is 2.33. The van der Waals surface area contributed by atoms with Crippen LogP contribution in [0.1, 0.15) is 25.0 Å². The Labute approximate surface area is 118 Å². The van der Waals surface area contributed by atoms with Crippen LogP contribution in [0.25, 0.3) is 0 Å². The van der Waals surface area contributed by atoms with Gasteiger partial charge in [-0.1, -0.05) is 29.3 Å². The smallest absolute Gasteiger partial charge is 0.0943 e. The number of rotatable bonds is 7. The topological polar surface area (TPSA) is 41.5 Å². The zero-order chi connectivity index (χ0) is 13.5. The first kappa shape index (κ1) is 15.7. The second kappa shape index (κ2) is 7.97. The fourth-order valence-electron chi connectivity index (χ4n) is 1.64. The van der Waals surface area contributed by atoms with Gasteiger partial charge in [0.1, 0.15) is 0 Å². The van der Waals surface area contributed by atoms with E-state index in [-0.39, 0.29) is 6.04 Å². The lowest BCUT2D eigenvalue weighted by molar-refractivity contribution is 0.158. The zero-order valence-corrected chi connectivity index (χ0v) is 12.1. The second-order valence-electron chi connectivity index (χ2n) is 4.24. The molecule has 0 radical (unpaired) electrons. The van der Waals surface area contributed by atoms with Gasteiger partial charge in [-0.05, 0) is 25.5 Å². The van der Waals surface area contributed by atoms with Crippen LogP contribution in [-0.4, -0.2) is 31.4 Å². The highest BCUT2D eigenvalue weighted by atomic mass is 35.5. The molecule has 1 aromatic carbocycles. The number of halogens is 2. The fraction of sp³-hybridized carbons (Fsp3) is 0.538. The Kier molecular flexibility index (Phi) is 6.97. The van der Waals surface area contributed by atoms with Crippen LogP contribution in [0.3, 0.4) is 0 Å². The number of hydrogen-bond donors (Lipinski definition) is 2. The molecular formula is C13H19Cl2NO2. The first-order valence-electron chi connectivity index (χ1n) is 5.90. The van der Waals surface area contributed by atoms with Gasteiger partial charge in [0, 0.05) is 41.9 Å². The molecular weight excluding hydrogens is 273 g/mol. The van der Waals surface area contributed by atoms with Crippen molar-refractivity contribution >= 4 is 23.2 Å². The number of hydrogen-bond acceptors (Lipinski definition) is 3. The van der Waals surface area contributed by atoms with E-state index in [0.29, 0.717) is 28.8 Å². The summed E-state index contributed by atoms with van der Waals surface area (Å²) in [6, 6.07) is 5.47. The summed E-state index contributed by atoms with van der Waals surface area (Å²) in [4.78, 5) is 0. The minimum absolute atomic E-state index is 0.265. The molecule has 0 fully saturated rings. The van der Waals surface area contributed by atoms with Crippen molar-refractivity contribution < 1.29 is 9.84 Å². The Morgan fingerprint density at radius 3 is 2.50 bits per heavy atom. The van der Waals surface area contributed by atoms with Gasteiger partial charge < -0.3 is 15.2 Å². The van der Waals surface area contributed by atoms with E-state index < -0.39 is 6.10 Å². The SMILES string of the molecule is COCCC(C)NCC(O)c1c(Cl)cccc1Cl. The van der Waals surface area contributed by atoms with Crippen LogP contribution in [0.4, 0.5) is 0 Å². The summed E-state index contributed by atoms with van der Waals surface area (Å²) in [6.07, 6.45) is 0.177. The third-order valence-electron chi connectivity index (χ3n) is 2.75. The maximum absolute atomic E-state index is 10.1. The molecule has 0 bridgehead atoms. The van der Waals surface area contributed by atoms with Gasteiger partial charge in [0.05, 0.1) is 6.10 Å².